The summed E-state index contributed by atoms with van der Waals surface area (Å²) in [4.78, 5) is 2.62. The first-order valence-corrected chi connectivity index (χ1v) is 3.49. The summed E-state index contributed by atoms with van der Waals surface area (Å²) < 4.78 is 5.14. The highest BCUT2D eigenvalue weighted by Crippen LogP contribution is 2.11. The van der Waals surface area contributed by atoms with Crippen LogP contribution in [0.2, 0.25) is 0 Å². The van der Waals surface area contributed by atoms with Crippen LogP contribution in [-0.4, -0.2) is 0 Å². The molecule has 0 unspecified atom stereocenters. The topological polar surface area (TPSA) is 61.9 Å². The maximum Gasteiger partial charge on any atom is 0.108 e. The molecule has 1 rings (SSSR count). The van der Waals surface area contributed by atoms with E-state index in [-0.39, 0.29) is 0 Å². The van der Waals surface area contributed by atoms with E-state index in [9.17, 15) is 0 Å². The Morgan fingerprint density at radius 3 is 3.08 bits per heavy atom. The first kappa shape index (κ1) is 8.43. The maximum absolute atomic E-state index is 8.09. The lowest BCUT2D eigenvalue weighted by Crippen LogP contribution is -1.81. The van der Waals surface area contributed by atoms with Gasteiger partial charge in [-0.1, -0.05) is 11.7 Å². The second-order valence-electron chi connectivity index (χ2n) is 2.52. The van der Waals surface area contributed by atoms with Crippen LogP contribution in [0.1, 0.15) is 11.3 Å². The molecule has 0 saturated heterocycles. The number of aryl methyl sites for hydroxylation is 1. The first-order chi connectivity index (χ1) is 5.72. The summed E-state index contributed by atoms with van der Waals surface area (Å²) in [5, 5.41) is 3.36. The quantitative estimate of drug-likeness (QED) is 0.384. The predicted molar refractivity (Wildman–Crippen MR) is 45.4 cm³/mol. The second-order valence-corrected chi connectivity index (χ2v) is 2.52. The van der Waals surface area contributed by atoms with Crippen molar-refractivity contribution < 1.29 is 4.42 Å². The molecule has 0 atom stereocenters. The molecule has 0 amide bonds. The summed E-state index contributed by atoms with van der Waals surface area (Å²) >= 11 is 0. The molecule has 0 fully saturated rings. The van der Waals surface area contributed by atoms with Crippen molar-refractivity contribution in [1.82, 2.24) is 0 Å². The van der Waals surface area contributed by atoms with Gasteiger partial charge in [0.05, 0.1) is 6.26 Å². The van der Waals surface area contributed by atoms with Crippen molar-refractivity contribution in [3.05, 3.63) is 46.4 Å². The van der Waals surface area contributed by atoms with Gasteiger partial charge >= 0.3 is 0 Å². The fourth-order valence-electron chi connectivity index (χ4n) is 0.883. The van der Waals surface area contributed by atoms with Crippen molar-refractivity contribution >= 4 is 0 Å². The molecular weight excluding hydrogens is 154 g/mol. The Hall–Kier alpha value is -1.67. The van der Waals surface area contributed by atoms with Gasteiger partial charge in [-0.15, -0.1) is 0 Å². The SMILES string of the molecule is C=C(Cc1cc(C)co1)N=[N+]=[N-]. The summed E-state index contributed by atoms with van der Waals surface area (Å²) in [5.74, 6) is 0.768. The Balaban J connectivity index is 2.64. The van der Waals surface area contributed by atoms with Crippen LogP contribution in [0.15, 0.2) is 34.1 Å². The summed E-state index contributed by atoms with van der Waals surface area (Å²) in [6, 6.07) is 1.89. The molecule has 0 aliphatic heterocycles. The van der Waals surface area contributed by atoms with Crippen LogP contribution in [0.5, 0.6) is 0 Å². The van der Waals surface area contributed by atoms with Gasteiger partial charge in [0.2, 0.25) is 0 Å². The molecule has 4 nitrogen and oxygen atoms in total. The molecule has 0 saturated carbocycles. The van der Waals surface area contributed by atoms with Crippen molar-refractivity contribution in [2.45, 2.75) is 13.3 Å². The molecule has 62 valence electrons. The number of nitrogens with zero attached hydrogens (tertiary/aromatic N) is 3. The van der Waals surface area contributed by atoms with Crippen LogP contribution < -0.4 is 0 Å². The van der Waals surface area contributed by atoms with Gasteiger partial charge in [-0.3, -0.25) is 0 Å². The highest BCUT2D eigenvalue weighted by Gasteiger charge is 1.99. The van der Waals surface area contributed by atoms with Gasteiger partial charge in [0.1, 0.15) is 5.76 Å². The molecule has 0 bridgehead atoms. The minimum atomic E-state index is 0.465. The lowest BCUT2D eigenvalue weighted by molar-refractivity contribution is 0.518. The van der Waals surface area contributed by atoms with Gasteiger partial charge in [0, 0.05) is 17.0 Å². The fourth-order valence-corrected chi connectivity index (χ4v) is 0.883. The van der Waals surface area contributed by atoms with Gasteiger partial charge in [-0.05, 0) is 24.1 Å². The predicted octanol–water partition coefficient (Wildman–Crippen LogP) is 2.95. The number of allylic oxidation sites excluding steroid dienone is 1. The fraction of sp³-hybridized carbons (Fsp3) is 0.250. The van der Waals surface area contributed by atoms with E-state index < -0.39 is 0 Å². The average molecular weight is 163 g/mol. The zero-order valence-electron chi connectivity index (χ0n) is 6.82. The average Bonchev–Trinajstić information content (AvgIpc) is 2.36. The van der Waals surface area contributed by atoms with Crippen molar-refractivity contribution in [1.29, 1.82) is 0 Å². The van der Waals surface area contributed by atoms with Crippen molar-refractivity contribution in [2.24, 2.45) is 5.11 Å². The molecular formula is C8H9N3O. The van der Waals surface area contributed by atoms with E-state index in [1.165, 1.54) is 0 Å². The molecule has 1 heterocycles. The number of azide groups is 1. The van der Waals surface area contributed by atoms with Gasteiger partial charge in [0.15, 0.2) is 0 Å². The van der Waals surface area contributed by atoms with E-state index in [1.54, 1.807) is 6.26 Å². The summed E-state index contributed by atoms with van der Waals surface area (Å²) in [5.41, 5.74) is 9.61. The van der Waals surface area contributed by atoms with E-state index in [1.807, 2.05) is 13.0 Å². The molecule has 0 spiro atoms. The van der Waals surface area contributed by atoms with E-state index in [0.717, 1.165) is 11.3 Å². The third-order valence-corrected chi connectivity index (χ3v) is 1.35. The monoisotopic (exact) mass is 163 g/mol. The van der Waals surface area contributed by atoms with Crippen LogP contribution in [-0.2, 0) is 6.42 Å². The minimum Gasteiger partial charge on any atom is -0.469 e. The summed E-state index contributed by atoms with van der Waals surface area (Å²) in [6.45, 7) is 5.50. The Morgan fingerprint density at radius 2 is 2.58 bits per heavy atom. The van der Waals surface area contributed by atoms with Gasteiger partial charge < -0.3 is 4.42 Å². The van der Waals surface area contributed by atoms with E-state index in [4.69, 9.17) is 9.95 Å². The Bertz CT molecular complexity index is 334. The highest BCUT2D eigenvalue weighted by molar-refractivity contribution is 5.15. The third kappa shape index (κ3) is 2.18. The zero-order valence-corrected chi connectivity index (χ0v) is 6.82. The molecule has 0 aliphatic rings. The minimum absolute atomic E-state index is 0.465. The molecule has 0 aromatic carbocycles. The van der Waals surface area contributed by atoms with Gasteiger partial charge in [0.25, 0.3) is 0 Å². The van der Waals surface area contributed by atoms with Crippen LogP contribution in [0.4, 0.5) is 0 Å². The van der Waals surface area contributed by atoms with Crippen LogP contribution in [0, 0.1) is 6.92 Å². The third-order valence-electron chi connectivity index (χ3n) is 1.35. The van der Waals surface area contributed by atoms with Crippen molar-refractivity contribution in [3.8, 4) is 0 Å². The van der Waals surface area contributed by atoms with Gasteiger partial charge in [-0.2, -0.15) is 0 Å². The van der Waals surface area contributed by atoms with Crippen molar-refractivity contribution in [2.75, 3.05) is 0 Å². The molecule has 1 aromatic rings. The smallest absolute Gasteiger partial charge is 0.108 e. The first-order valence-electron chi connectivity index (χ1n) is 3.49. The number of hydrogen-bond donors (Lipinski definition) is 0. The Labute approximate surface area is 70.1 Å². The van der Waals surface area contributed by atoms with E-state index >= 15 is 0 Å². The lowest BCUT2D eigenvalue weighted by atomic mass is 10.2. The standard InChI is InChI=1S/C8H9N3O/c1-6-3-8(12-5-6)4-7(2)10-11-9/h3,5H,2,4H2,1H3. The number of rotatable bonds is 3. The molecule has 0 aliphatic carbocycles. The van der Waals surface area contributed by atoms with Gasteiger partial charge in [-0.25, -0.2) is 0 Å². The Kier molecular flexibility index (Phi) is 2.56. The van der Waals surface area contributed by atoms with E-state index in [0.29, 0.717) is 12.1 Å². The number of hydrogen-bond acceptors (Lipinski definition) is 2. The maximum atomic E-state index is 8.09. The highest BCUT2D eigenvalue weighted by atomic mass is 16.3. The zero-order chi connectivity index (χ0) is 8.97. The van der Waals surface area contributed by atoms with E-state index in [2.05, 4.69) is 16.6 Å². The molecule has 12 heavy (non-hydrogen) atoms. The summed E-state index contributed by atoms with van der Waals surface area (Å²) in [7, 11) is 0. The summed E-state index contributed by atoms with van der Waals surface area (Å²) in [6.07, 6.45) is 2.12. The Morgan fingerprint density at radius 1 is 1.83 bits per heavy atom. The van der Waals surface area contributed by atoms with Crippen molar-refractivity contribution in [3.63, 3.8) is 0 Å². The van der Waals surface area contributed by atoms with Crippen LogP contribution in [0.3, 0.4) is 0 Å². The van der Waals surface area contributed by atoms with Crippen LogP contribution >= 0.6 is 0 Å². The molecule has 1 aromatic heterocycles. The second kappa shape index (κ2) is 3.64. The number of furan rings is 1. The lowest BCUT2D eigenvalue weighted by Gasteiger charge is -1.91. The normalized spacial score (nSPS) is 9.08. The van der Waals surface area contributed by atoms with Crippen LogP contribution in [0.25, 0.3) is 10.4 Å². The molecule has 4 heteroatoms. The largest absolute Gasteiger partial charge is 0.469 e. The molecule has 0 N–H and O–H groups in total. The molecule has 0 radical (unpaired) electrons.